The summed E-state index contributed by atoms with van der Waals surface area (Å²) in [5.74, 6) is -0.383. The van der Waals surface area contributed by atoms with Crippen molar-refractivity contribution in [2.75, 3.05) is 27.2 Å². The molecule has 1 aliphatic rings. The maximum Gasteiger partial charge on any atom is 0.253 e. The van der Waals surface area contributed by atoms with Gasteiger partial charge in [0.1, 0.15) is 6.54 Å². The highest BCUT2D eigenvalue weighted by atomic mass is 35.5. The largest absolute Gasteiger partial charge is 1.00 e. The molecule has 0 saturated carbocycles. The van der Waals surface area contributed by atoms with Crippen LogP contribution in [0.1, 0.15) is 12.0 Å². The molecule has 2 amide bonds. The summed E-state index contributed by atoms with van der Waals surface area (Å²) in [5.41, 5.74) is 1.30. The van der Waals surface area contributed by atoms with E-state index in [0.717, 1.165) is 24.0 Å². The van der Waals surface area contributed by atoms with Gasteiger partial charge in [-0.05, 0) is 0 Å². The van der Waals surface area contributed by atoms with Crippen molar-refractivity contribution in [3.8, 4) is 0 Å². The van der Waals surface area contributed by atoms with Crippen molar-refractivity contribution < 1.29 is 26.5 Å². The molecule has 1 aliphatic heterocycles. The average molecular weight is 309 g/mol. The molecule has 0 saturated heterocycles. The molecule has 0 fully saturated rings. The van der Waals surface area contributed by atoms with Crippen molar-refractivity contribution in [3.63, 3.8) is 0 Å². The number of hydrogen-bond acceptors (Lipinski definition) is 2. The second-order valence-electron chi connectivity index (χ2n) is 5.82. The average Bonchev–Trinajstić information content (AvgIpc) is 2.71. The van der Waals surface area contributed by atoms with Crippen LogP contribution in [0.5, 0.6) is 0 Å². The lowest BCUT2D eigenvalue weighted by molar-refractivity contribution is -0.903. The third-order valence-electron chi connectivity index (χ3n) is 3.50. The minimum atomic E-state index is -0.191. The first-order chi connectivity index (χ1) is 9.48. The number of nitrogens with zero attached hydrogens (tertiary/aromatic N) is 2. The molecule has 4 nitrogen and oxygen atoms in total. The van der Waals surface area contributed by atoms with Gasteiger partial charge in [-0.1, -0.05) is 30.3 Å². The number of carbonyl (C=O) groups excluding carboxylic acids is 2. The quantitative estimate of drug-likeness (QED) is 0.478. The minimum absolute atomic E-state index is 0. The van der Waals surface area contributed by atoms with Crippen molar-refractivity contribution in [1.29, 1.82) is 0 Å². The van der Waals surface area contributed by atoms with Crippen LogP contribution < -0.4 is 12.4 Å². The molecule has 0 radical (unpaired) electrons. The van der Waals surface area contributed by atoms with Gasteiger partial charge in [0.15, 0.2) is 0 Å². The monoisotopic (exact) mass is 308 g/mol. The molecule has 1 aromatic rings. The minimum Gasteiger partial charge on any atom is -1.00 e. The Kier molecular flexibility index (Phi) is 6.12. The maximum absolute atomic E-state index is 11.4. The zero-order chi connectivity index (χ0) is 14.6. The Labute approximate surface area is 132 Å². The standard InChI is InChI=1S/C16H21N2O2.ClH/c1-18(2,13-14-7-4-3-5-8-14)12-6-11-17-15(19)9-10-16(17)20;/h3-5,7-10H,6,11-13H2,1-2H3;1H/q+1;/p-1. The van der Waals surface area contributed by atoms with Gasteiger partial charge in [-0.2, -0.15) is 0 Å². The van der Waals surface area contributed by atoms with E-state index in [9.17, 15) is 9.59 Å². The smallest absolute Gasteiger partial charge is 0.253 e. The first-order valence-electron chi connectivity index (χ1n) is 6.87. The van der Waals surface area contributed by atoms with E-state index in [2.05, 4.69) is 26.2 Å². The van der Waals surface area contributed by atoms with E-state index >= 15 is 0 Å². The van der Waals surface area contributed by atoms with Gasteiger partial charge < -0.3 is 16.9 Å². The molecular weight excluding hydrogens is 288 g/mol. The molecule has 0 aliphatic carbocycles. The van der Waals surface area contributed by atoms with E-state index in [0.29, 0.717) is 6.54 Å². The van der Waals surface area contributed by atoms with E-state index in [1.165, 1.54) is 22.6 Å². The molecule has 0 aromatic heterocycles. The summed E-state index contributed by atoms with van der Waals surface area (Å²) in [7, 11) is 4.33. The summed E-state index contributed by atoms with van der Waals surface area (Å²) in [6, 6.07) is 10.3. The van der Waals surface area contributed by atoms with Gasteiger partial charge in [-0.15, -0.1) is 0 Å². The molecule has 0 spiro atoms. The number of quaternary nitrogens is 1. The predicted octanol–water partition coefficient (Wildman–Crippen LogP) is -1.42. The molecular formula is C16H21ClN2O2. The van der Waals surface area contributed by atoms with E-state index < -0.39 is 0 Å². The first-order valence-corrected chi connectivity index (χ1v) is 6.87. The second kappa shape index (κ2) is 7.38. The Hall–Kier alpha value is -1.65. The van der Waals surface area contributed by atoms with Crippen LogP contribution in [-0.2, 0) is 16.1 Å². The van der Waals surface area contributed by atoms with Gasteiger partial charge in [-0.3, -0.25) is 14.5 Å². The van der Waals surface area contributed by atoms with Gasteiger partial charge in [0.05, 0.1) is 20.6 Å². The Morgan fingerprint density at radius 1 is 1.00 bits per heavy atom. The molecule has 5 heteroatoms. The van der Waals surface area contributed by atoms with Crippen LogP contribution in [0.4, 0.5) is 0 Å². The molecule has 0 bridgehead atoms. The lowest BCUT2D eigenvalue weighted by Gasteiger charge is -2.30. The molecule has 0 unspecified atom stereocenters. The summed E-state index contributed by atoms with van der Waals surface area (Å²) in [6.45, 7) is 2.37. The molecule has 1 heterocycles. The number of carbonyl (C=O) groups is 2. The van der Waals surface area contributed by atoms with Crippen LogP contribution in [0.25, 0.3) is 0 Å². The summed E-state index contributed by atoms with van der Waals surface area (Å²) in [6.07, 6.45) is 3.50. The summed E-state index contributed by atoms with van der Waals surface area (Å²) in [4.78, 5) is 24.2. The lowest BCUT2D eigenvalue weighted by atomic mass is 10.2. The van der Waals surface area contributed by atoms with Crippen LogP contribution in [0.15, 0.2) is 42.5 Å². The Balaban J connectivity index is 0.00000220. The van der Waals surface area contributed by atoms with Crippen LogP contribution in [0, 0.1) is 0 Å². The van der Waals surface area contributed by atoms with Gasteiger partial charge in [0, 0.05) is 30.7 Å². The van der Waals surface area contributed by atoms with E-state index in [1.54, 1.807) is 0 Å². The Morgan fingerprint density at radius 2 is 1.57 bits per heavy atom. The van der Waals surface area contributed by atoms with Crippen LogP contribution >= 0.6 is 0 Å². The van der Waals surface area contributed by atoms with Crippen LogP contribution in [-0.4, -0.2) is 48.4 Å². The number of imide groups is 1. The molecule has 2 rings (SSSR count). The summed E-state index contributed by atoms with van der Waals surface area (Å²) in [5, 5.41) is 0. The number of halogens is 1. The molecule has 1 aromatic carbocycles. The van der Waals surface area contributed by atoms with Gasteiger partial charge in [0.2, 0.25) is 0 Å². The highest BCUT2D eigenvalue weighted by Crippen LogP contribution is 2.11. The third-order valence-corrected chi connectivity index (χ3v) is 3.50. The summed E-state index contributed by atoms with van der Waals surface area (Å²) < 4.78 is 0.841. The normalized spacial score (nSPS) is 14.5. The highest BCUT2D eigenvalue weighted by molar-refractivity contribution is 6.12. The van der Waals surface area contributed by atoms with E-state index in [1.807, 2.05) is 18.2 Å². The van der Waals surface area contributed by atoms with Crippen molar-refractivity contribution in [3.05, 3.63) is 48.0 Å². The van der Waals surface area contributed by atoms with E-state index in [4.69, 9.17) is 0 Å². The zero-order valence-corrected chi connectivity index (χ0v) is 13.2. The fourth-order valence-electron chi connectivity index (χ4n) is 2.47. The SMILES string of the molecule is C[N+](C)(CCCN1C(=O)C=CC1=O)Cc1ccccc1.[Cl-]. The fourth-order valence-corrected chi connectivity index (χ4v) is 2.47. The number of rotatable bonds is 6. The Morgan fingerprint density at radius 3 is 2.14 bits per heavy atom. The Bertz CT molecular complexity index is 508. The van der Waals surface area contributed by atoms with Crippen molar-refractivity contribution >= 4 is 11.8 Å². The van der Waals surface area contributed by atoms with Gasteiger partial charge in [-0.25, -0.2) is 0 Å². The van der Waals surface area contributed by atoms with Crippen molar-refractivity contribution in [2.24, 2.45) is 0 Å². The topological polar surface area (TPSA) is 37.4 Å². The van der Waals surface area contributed by atoms with Crippen molar-refractivity contribution in [2.45, 2.75) is 13.0 Å². The fraction of sp³-hybridized carbons (Fsp3) is 0.375. The molecule has 114 valence electrons. The number of amides is 2. The second-order valence-corrected chi connectivity index (χ2v) is 5.82. The third kappa shape index (κ3) is 4.99. The van der Waals surface area contributed by atoms with E-state index in [-0.39, 0.29) is 24.2 Å². The first kappa shape index (κ1) is 17.4. The van der Waals surface area contributed by atoms with Crippen molar-refractivity contribution in [1.82, 2.24) is 4.90 Å². The molecule has 0 atom stereocenters. The van der Waals surface area contributed by atoms with Crippen LogP contribution in [0.2, 0.25) is 0 Å². The molecule has 21 heavy (non-hydrogen) atoms. The van der Waals surface area contributed by atoms with Crippen LogP contribution in [0.3, 0.4) is 0 Å². The zero-order valence-electron chi connectivity index (χ0n) is 12.5. The number of hydrogen-bond donors (Lipinski definition) is 0. The molecule has 0 N–H and O–H groups in total. The van der Waals surface area contributed by atoms with Gasteiger partial charge >= 0.3 is 0 Å². The number of benzene rings is 1. The predicted molar refractivity (Wildman–Crippen MR) is 77.6 cm³/mol. The lowest BCUT2D eigenvalue weighted by Crippen LogP contribution is -3.00. The maximum atomic E-state index is 11.4. The van der Waals surface area contributed by atoms with Gasteiger partial charge in [0.25, 0.3) is 11.8 Å². The highest BCUT2D eigenvalue weighted by Gasteiger charge is 2.24. The summed E-state index contributed by atoms with van der Waals surface area (Å²) >= 11 is 0.